The number of phenolic OH excluding ortho intramolecular Hbond substituents is 1. The number of aromatic hydroxyl groups is 1. The first-order chi connectivity index (χ1) is 14.6. The van der Waals surface area contributed by atoms with Gasteiger partial charge in [-0.1, -0.05) is 0 Å². The molecular formula is C21H24N2O7. The molecule has 30 heavy (non-hydrogen) atoms. The van der Waals surface area contributed by atoms with Gasteiger partial charge in [0, 0.05) is 31.1 Å². The van der Waals surface area contributed by atoms with Crippen molar-refractivity contribution in [3.05, 3.63) is 35.9 Å². The van der Waals surface area contributed by atoms with Crippen LogP contribution in [-0.4, -0.2) is 55.3 Å². The van der Waals surface area contributed by atoms with E-state index in [1.54, 1.807) is 18.2 Å². The molecule has 0 aromatic heterocycles. The maximum atomic E-state index is 11.5. The first-order valence-corrected chi connectivity index (χ1v) is 9.79. The smallest absolute Gasteiger partial charge is 0.231 e. The molecule has 4 rings (SSSR count). The van der Waals surface area contributed by atoms with Crippen molar-refractivity contribution in [2.24, 2.45) is 0 Å². The minimum absolute atomic E-state index is 0.00933. The Morgan fingerprint density at radius 2 is 2.00 bits per heavy atom. The number of ether oxygens (including phenoxy) is 4. The van der Waals surface area contributed by atoms with Crippen LogP contribution in [0.5, 0.6) is 28.7 Å². The number of hydrogen-bond donors (Lipinski definition) is 4. The van der Waals surface area contributed by atoms with Crippen molar-refractivity contribution in [2.45, 2.75) is 18.9 Å². The first-order valence-electron chi connectivity index (χ1n) is 9.79. The minimum Gasteiger partial charge on any atom is -0.506 e. The lowest BCUT2D eigenvalue weighted by Crippen LogP contribution is -2.33. The van der Waals surface area contributed by atoms with Gasteiger partial charge in [0.15, 0.2) is 11.5 Å². The van der Waals surface area contributed by atoms with Crippen LogP contribution < -0.4 is 29.6 Å². The van der Waals surface area contributed by atoms with Crippen molar-refractivity contribution < 1.29 is 34.0 Å². The summed E-state index contributed by atoms with van der Waals surface area (Å²) in [7, 11) is 0. The van der Waals surface area contributed by atoms with Gasteiger partial charge in [0.05, 0.1) is 5.69 Å². The summed E-state index contributed by atoms with van der Waals surface area (Å²) in [6.45, 7) is 1.62. The van der Waals surface area contributed by atoms with Crippen LogP contribution in [0.3, 0.4) is 0 Å². The van der Waals surface area contributed by atoms with Gasteiger partial charge in [-0.25, -0.2) is 0 Å². The fourth-order valence-electron chi connectivity index (χ4n) is 3.30. The third-order valence-corrected chi connectivity index (χ3v) is 4.82. The number of nitrogens with one attached hydrogen (secondary N) is 2. The van der Waals surface area contributed by atoms with Gasteiger partial charge in [-0.2, -0.15) is 0 Å². The Morgan fingerprint density at radius 3 is 2.90 bits per heavy atom. The lowest BCUT2D eigenvalue weighted by Gasteiger charge is -2.22. The zero-order chi connectivity index (χ0) is 20.9. The maximum absolute atomic E-state index is 11.5. The molecule has 4 N–H and O–H groups in total. The second-order valence-corrected chi connectivity index (χ2v) is 7.02. The van der Waals surface area contributed by atoms with Crippen LogP contribution in [0.1, 0.15) is 12.0 Å². The average Bonchev–Trinajstić information content (AvgIpc) is 3.21. The molecule has 2 heterocycles. The van der Waals surface area contributed by atoms with E-state index in [1.807, 2.05) is 6.07 Å². The van der Waals surface area contributed by atoms with Gasteiger partial charge < -0.3 is 39.8 Å². The van der Waals surface area contributed by atoms with E-state index in [-0.39, 0.29) is 25.1 Å². The number of fused-ring (bicyclic) bond motifs is 2. The highest BCUT2D eigenvalue weighted by Gasteiger charge is 2.22. The maximum Gasteiger partial charge on any atom is 0.231 e. The van der Waals surface area contributed by atoms with Crippen LogP contribution in [0.25, 0.3) is 0 Å². The van der Waals surface area contributed by atoms with Gasteiger partial charge in [-0.05, 0) is 30.7 Å². The molecule has 0 radical (unpaired) electrons. The summed E-state index contributed by atoms with van der Waals surface area (Å²) < 4.78 is 21.9. The molecule has 0 saturated carbocycles. The molecule has 160 valence electrons. The normalized spacial score (nSPS) is 15.3. The van der Waals surface area contributed by atoms with Gasteiger partial charge in [0.1, 0.15) is 36.6 Å². The largest absolute Gasteiger partial charge is 0.506 e. The van der Waals surface area contributed by atoms with Crippen LogP contribution in [0.15, 0.2) is 30.3 Å². The van der Waals surface area contributed by atoms with Crippen molar-refractivity contribution >= 4 is 11.6 Å². The van der Waals surface area contributed by atoms with Gasteiger partial charge in [-0.15, -0.1) is 0 Å². The van der Waals surface area contributed by atoms with Crippen molar-refractivity contribution in [1.82, 2.24) is 5.32 Å². The van der Waals surface area contributed by atoms with E-state index in [0.29, 0.717) is 61.2 Å². The minimum atomic E-state index is -0.724. The van der Waals surface area contributed by atoms with Gasteiger partial charge in [-0.3, -0.25) is 4.79 Å². The summed E-state index contributed by atoms with van der Waals surface area (Å²) in [5.74, 6) is 2.49. The molecule has 0 fully saturated rings. The van der Waals surface area contributed by atoms with E-state index >= 15 is 0 Å². The zero-order valence-electron chi connectivity index (χ0n) is 16.3. The monoisotopic (exact) mass is 416 g/mol. The standard InChI is InChI=1S/C21H24N2O7/c24-13(10-22-7-8-27-14-1-4-18-19(9-14)30-12-29-18)11-28-17-5-3-16(25)21-15(17)2-6-20(26)23-21/h1,3-5,9,13,22,24-25H,2,6-8,10-12H2,(H,23,26). The lowest BCUT2D eigenvalue weighted by atomic mass is 10.0. The number of anilines is 1. The molecule has 1 atom stereocenters. The van der Waals surface area contributed by atoms with Crippen LogP contribution in [0, 0.1) is 0 Å². The Morgan fingerprint density at radius 1 is 1.13 bits per heavy atom. The molecule has 9 nitrogen and oxygen atoms in total. The number of rotatable bonds is 9. The SMILES string of the molecule is O=C1CCc2c(OCC(O)CNCCOc3ccc4c(c3)OCO4)ccc(O)c2N1. The molecule has 0 saturated heterocycles. The third kappa shape index (κ3) is 4.69. The zero-order valence-corrected chi connectivity index (χ0v) is 16.3. The second-order valence-electron chi connectivity index (χ2n) is 7.02. The number of aliphatic hydroxyl groups excluding tert-OH is 1. The van der Waals surface area contributed by atoms with E-state index < -0.39 is 6.10 Å². The molecular weight excluding hydrogens is 392 g/mol. The van der Waals surface area contributed by atoms with Crippen LogP contribution in [-0.2, 0) is 11.2 Å². The second kappa shape index (κ2) is 9.10. The molecule has 2 aromatic carbocycles. The Balaban J connectivity index is 1.17. The van der Waals surface area contributed by atoms with Gasteiger partial charge in [0.2, 0.25) is 12.7 Å². The number of hydrogen-bond acceptors (Lipinski definition) is 8. The van der Waals surface area contributed by atoms with Crippen molar-refractivity contribution in [3.63, 3.8) is 0 Å². The van der Waals surface area contributed by atoms with Crippen LogP contribution in [0.2, 0.25) is 0 Å². The number of carbonyl (C=O) groups excluding carboxylic acids is 1. The number of phenols is 1. The Labute approximate surface area is 173 Å². The number of carbonyl (C=O) groups is 1. The Bertz CT molecular complexity index is 918. The number of amides is 1. The predicted molar refractivity (Wildman–Crippen MR) is 107 cm³/mol. The van der Waals surface area contributed by atoms with E-state index in [0.717, 1.165) is 5.56 Å². The summed E-state index contributed by atoms with van der Waals surface area (Å²) in [6, 6.07) is 8.52. The van der Waals surface area contributed by atoms with Crippen molar-refractivity contribution in [2.75, 3.05) is 38.4 Å². The first kappa shape index (κ1) is 20.1. The van der Waals surface area contributed by atoms with Crippen molar-refractivity contribution in [3.8, 4) is 28.7 Å². The molecule has 2 aliphatic rings. The fourth-order valence-corrected chi connectivity index (χ4v) is 3.30. The highest BCUT2D eigenvalue weighted by atomic mass is 16.7. The number of benzene rings is 2. The topological polar surface area (TPSA) is 119 Å². The molecule has 1 amide bonds. The molecule has 2 aromatic rings. The molecule has 2 aliphatic heterocycles. The fraction of sp³-hybridized carbons (Fsp3) is 0.381. The van der Waals surface area contributed by atoms with E-state index in [2.05, 4.69) is 10.6 Å². The average molecular weight is 416 g/mol. The highest BCUT2D eigenvalue weighted by molar-refractivity contribution is 5.96. The summed E-state index contributed by atoms with van der Waals surface area (Å²) in [4.78, 5) is 11.5. The van der Waals surface area contributed by atoms with E-state index in [4.69, 9.17) is 18.9 Å². The number of aliphatic hydroxyl groups is 1. The molecule has 0 spiro atoms. The summed E-state index contributed by atoms with van der Waals surface area (Å²) >= 11 is 0. The van der Waals surface area contributed by atoms with E-state index in [1.165, 1.54) is 6.07 Å². The summed E-state index contributed by atoms with van der Waals surface area (Å²) in [6.07, 6.45) is 0.0923. The van der Waals surface area contributed by atoms with Crippen LogP contribution >= 0.6 is 0 Å². The quantitative estimate of drug-likeness (QED) is 0.358. The Hall–Kier alpha value is -3.17. The molecule has 0 bridgehead atoms. The lowest BCUT2D eigenvalue weighted by molar-refractivity contribution is -0.116. The van der Waals surface area contributed by atoms with Gasteiger partial charge in [0.25, 0.3) is 0 Å². The molecule has 1 unspecified atom stereocenters. The molecule has 0 aliphatic carbocycles. The molecule has 9 heteroatoms. The summed E-state index contributed by atoms with van der Waals surface area (Å²) in [5, 5.41) is 25.8. The Kier molecular flexibility index (Phi) is 6.10. The van der Waals surface area contributed by atoms with Crippen LogP contribution in [0.4, 0.5) is 5.69 Å². The summed E-state index contributed by atoms with van der Waals surface area (Å²) in [5.41, 5.74) is 1.13. The predicted octanol–water partition coefficient (Wildman–Crippen LogP) is 1.41. The van der Waals surface area contributed by atoms with Crippen molar-refractivity contribution in [1.29, 1.82) is 0 Å². The third-order valence-electron chi connectivity index (χ3n) is 4.82. The van der Waals surface area contributed by atoms with Gasteiger partial charge >= 0.3 is 0 Å². The highest BCUT2D eigenvalue weighted by Crippen LogP contribution is 2.38. The van der Waals surface area contributed by atoms with E-state index in [9.17, 15) is 15.0 Å².